The second-order valence-electron chi connectivity index (χ2n) is 7.16. The predicted octanol–water partition coefficient (Wildman–Crippen LogP) is 4.26. The van der Waals surface area contributed by atoms with Crippen molar-refractivity contribution in [2.75, 3.05) is 20.3 Å². The SMILES string of the molecule is COc1ccc(CNCC(C)C)c(OCCC(C)(C)C)c1. The number of methoxy groups -OCH3 is 1. The minimum atomic E-state index is 0.287. The molecule has 0 saturated carbocycles. The van der Waals surface area contributed by atoms with Crippen LogP contribution in [-0.2, 0) is 6.54 Å². The van der Waals surface area contributed by atoms with Crippen molar-refractivity contribution in [1.82, 2.24) is 5.32 Å². The molecule has 3 nitrogen and oxygen atoms in total. The summed E-state index contributed by atoms with van der Waals surface area (Å²) >= 11 is 0. The summed E-state index contributed by atoms with van der Waals surface area (Å²) in [6.45, 7) is 13.7. The summed E-state index contributed by atoms with van der Waals surface area (Å²) in [7, 11) is 1.69. The van der Waals surface area contributed by atoms with E-state index in [0.29, 0.717) is 5.92 Å². The van der Waals surface area contributed by atoms with Gasteiger partial charge in [-0.15, -0.1) is 0 Å². The van der Waals surface area contributed by atoms with Crippen molar-refractivity contribution in [3.05, 3.63) is 23.8 Å². The lowest BCUT2D eigenvalue weighted by atomic mass is 9.93. The van der Waals surface area contributed by atoms with Gasteiger partial charge >= 0.3 is 0 Å². The average Bonchev–Trinajstić information content (AvgIpc) is 2.38. The molecule has 1 rings (SSSR count). The van der Waals surface area contributed by atoms with Crippen molar-refractivity contribution < 1.29 is 9.47 Å². The molecule has 0 fully saturated rings. The second kappa shape index (κ2) is 8.28. The highest BCUT2D eigenvalue weighted by molar-refractivity contribution is 5.40. The summed E-state index contributed by atoms with van der Waals surface area (Å²) in [5.41, 5.74) is 1.47. The van der Waals surface area contributed by atoms with Gasteiger partial charge < -0.3 is 14.8 Å². The lowest BCUT2D eigenvalue weighted by Gasteiger charge is -2.19. The molecule has 1 aromatic rings. The zero-order chi connectivity index (χ0) is 15.9. The van der Waals surface area contributed by atoms with Crippen molar-refractivity contribution in [3.63, 3.8) is 0 Å². The van der Waals surface area contributed by atoms with E-state index in [1.165, 1.54) is 5.56 Å². The third-order valence-electron chi connectivity index (χ3n) is 3.25. The minimum absolute atomic E-state index is 0.287. The van der Waals surface area contributed by atoms with Crippen LogP contribution in [0.2, 0.25) is 0 Å². The van der Waals surface area contributed by atoms with Crippen LogP contribution in [0.3, 0.4) is 0 Å². The zero-order valence-corrected chi connectivity index (χ0v) is 14.5. The van der Waals surface area contributed by atoms with Crippen LogP contribution in [0.4, 0.5) is 0 Å². The predicted molar refractivity (Wildman–Crippen MR) is 89.1 cm³/mol. The monoisotopic (exact) mass is 293 g/mol. The Morgan fingerprint density at radius 2 is 1.90 bits per heavy atom. The second-order valence-corrected chi connectivity index (χ2v) is 7.16. The van der Waals surface area contributed by atoms with Crippen molar-refractivity contribution in [2.24, 2.45) is 11.3 Å². The van der Waals surface area contributed by atoms with E-state index in [2.05, 4.69) is 46.0 Å². The quantitative estimate of drug-likeness (QED) is 0.777. The van der Waals surface area contributed by atoms with Gasteiger partial charge in [-0.1, -0.05) is 40.7 Å². The van der Waals surface area contributed by atoms with Crippen LogP contribution >= 0.6 is 0 Å². The summed E-state index contributed by atoms with van der Waals surface area (Å²) in [4.78, 5) is 0. The Kier molecular flexibility index (Phi) is 7.03. The van der Waals surface area contributed by atoms with E-state index >= 15 is 0 Å². The first-order chi connectivity index (χ1) is 9.81. The summed E-state index contributed by atoms with van der Waals surface area (Å²) < 4.78 is 11.3. The molecule has 0 aliphatic rings. The maximum absolute atomic E-state index is 5.99. The summed E-state index contributed by atoms with van der Waals surface area (Å²) in [6, 6.07) is 6.05. The smallest absolute Gasteiger partial charge is 0.127 e. The number of ether oxygens (including phenoxy) is 2. The molecule has 0 heterocycles. The molecule has 0 amide bonds. The molecule has 1 aromatic carbocycles. The van der Waals surface area contributed by atoms with Gasteiger partial charge in [0.25, 0.3) is 0 Å². The van der Waals surface area contributed by atoms with E-state index < -0.39 is 0 Å². The highest BCUT2D eigenvalue weighted by atomic mass is 16.5. The van der Waals surface area contributed by atoms with Crippen LogP contribution in [0.25, 0.3) is 0 Å². The Balaban J connectivity index is 2.67. The number of hydrogen-bond donors (Lipinski definition) is 1. The van der Waals surface area contributed by atoms with Gasteiger partial charge in [0.1, 0.15) is 11.5 Å². The Hall–Kier alpha value is -1.22. The van der Waals surface area contributed by atoms with E-state index in [0.717, 1.165) is 37.6 Å². The third-order valence-corrected chi connectivity index (χ3v) is 3.25. The fourth-order valence-electron chi connectivity index (χ4n) is 1.90. The maximum atomic E-state index is 5.99. The molecule has 1 N–H and O–H groups in total. The fraction of sp³-hybridized carbons (Fsp3) is 0.667. The Morgan fingerprint density at radius 3 is 2.48 bits per heavy atom. The van der Waals surface area contributed by atoms with Gasteiger partial charge in [-0.3, -0.25) is 0 Å². The average molecular weight is 293 g/mol. The summed E-state index contributed by atoms with van der Waals surface area (Å²) in [5.74, 6) is 2.41. The van der Waals surface area contributed by atoms with Crippen molar-refractivity contribution in [3.8, 4) is 11.5 Å². The van der Waals surface area contributed by atoms with Crippen LogP contribution in [-0.4, -0.2) is 20.3 Å². The van der Waals surface area contributed by atoms with Crippen LogP contribution in [0.5, 0.6) is 11.5 Å². The van der Waals surface area contributed by atoms with Crippen molar-refractivity contribution >= 4 is 0 Å². The van der Waals surface area contributed by atoms with E-state index in [1.807, 2.05) is 12.1 Å². The molecule has 3 heteroatoms. The Bertz CT molecular complexity index is 422. The molecule has 21 heavy (non-hydrogen) atoms. The molecular formula is C18H31NO2. The lowest BCUT2D eigenvalue weighted by molar-refractivity contribution is 0.240. The van der Waals surface area contributed by atoms with Crippen LogP contribution in [0, 0.1) is 11.3 Å². The van der Waals surface area contributed by atoms with Crippen LogP contribution in [0.1, 0.15) is 46.6 Å². The van der Waals surface area contributed by atoms with E-state index in [-0.39, 0.29) is 5.41 Å². The largest absolute Gasteiger partial charge is 0.497 e. The molecule has 0 aliphatic heterocycles. The molecule has 0 aromatic heterocycles. The Morgan fingerprint density at radius 1 is 1.19 bits per heavy atom. The van der Waals surface area contributed by atoms with E-state index in [1.54, 1.807) is 7.11 Å². The van der Waals surface area contributed by atoms with E-state index in [4.69, 9.17) is 9.47 Å². The van der Waals surface area contributed by atoms with Gasteiger partial charge in [-0.2, -0.15) is 0 Å². The minimum Gasteiger partial charge on any atom is -0.497 e. The number of hydrogen-bond acceptors (Lipinski definition) is 3. The molecule has 0 spiro atoms. The van der Waals surface area contributed by atoms with Crippen LogP contribution < -0.4 is 14.8 Å². The lowest BCUT2D eigenvalue weighted by Crippen LogP contribution is -2.19. The number of rotatable bonds is 8. The van der Waals surface area contributed by atoms with E-state index in [9.17, 15) is 0 Å². The number of nitrogens with one attached hydrogen (secondary N) is 1. The Labute approximate surface area is 130 Å². The first-order valence-electron chi connectivity index (χ1n) is 7.82. The zero-order valence-electron chi connectivity index (χ0n) is 14.5. The number of benzene rings is 1. The maximum Gasteiger partial charge on any atom is 0.127 e. The van der Waals surface area contributed by atoms with Gasteiger partial charge in [0.15, 0.2) is 0 Å². The molecule has 0 aliphatic carbocycles. The first-order valence-corrected chi connectivity index (χ1v) is 7.82. The topological polar surface area (TPSA) is 30.5 Å². The highest BCUT2D eigenvalue weighted by Gasteiger charge is 2.12. The van der Waals surface area contributed by atoms with Gasteiger partial charge in [-0.05, 0) is 30.4 Å². The third kappa shape index (κ3) is 7.37. The normalized spacial score (nSPS) is 11.8. The van der Waals surface area contributed by atoms with Gasteiger partial charge in [0.05, 0.1) is 13.7 Å². The summed E-state index contributed by atoms with van der Waals surface area (Å²) in [6.07, 6.45) is 1.03. The van der Waals surface area contributed by atoms with Crippen molar-refractivity contribution in [2.45, 2.75) is 47.6 Å². The molecule has 0 saturated heterocycles. The molecule has 120 valence electrons. The van der Waals surface area contributed by atoms with Gasteiger partial charge in [0, 0.05) is 18.2 Å². The van der Waals surface area contributed by atoms with Gasteiger partial charge in [-0.25, -0.2) is 0 Å². The molecule has 0 radical (unpaired) electrons. The van der Waals surface area contributed by atoms with Gasteiger partial charge in [0.2, 0.25) is 0 Å². The van der Waals surface area contributed by atoms with Crippen LogP contribution in [0.15, 0.2) is 18.2 Å². The van der Waals surface area contributed by atoms with Crippen molar-refractivity contribution in [1.29, 1.82) is 0 Å². The fourth-order valence-corrected chi connectivity index (χ4v) is 1.90. The highest BCUT2D eigenvalue weighted by Crippen LogP contribution is 2.26. The molecule has 0 atom stereocenters. The molecule has 0 bridgehead atoms. The first kappa shape index (κ1) is 17.8. The molecule has 0 unspecified atom stereocenters. The standard InChI is InChI=1S/C18H31NO2/c1-14(2)12-19-13-15-7-8-16(20-6)11-17(15)21-10-9-18(3,4)5/h7-8,11,14,19H,9-10,12-13H2,1-6H3. The summed E-state index contributed by atoms with van der Waals surface area (Å²) in [5, 5.41) is 3.46. The molecular weight excluding hydrogens is 262 g/mol.